The summed E-state index contributed by atoms with van der Waals surface area (Å²) in [5.41, 5.74) is 1.49. The molecule has 0 bridgehead atoms. The number of amides is 1. The molecule has 7 heteroatoms. The zero-order valence-corrected chi connectivity index (χ0v) is 8.69. The highest BCUT2D eigenvalue weighted by atomic mass is 32.1. The molecule has 2 N–H and O–H groups in total. The zero-order chi connectivity index (χ0) is 11.3. The molecule has 0 aromatic carbocycles. The largest absolute Gasteiger partial charge is 0.478 e. The molecule has 0 radical (unpaired) electrons. The monoisotopic (exact) mass is 227 g/mol. The van der Waals surface area contributed by atoms with Gasteiger partial charge in [-0.25, -0.2) is 4.79 Å². The number of carbonyl (C=O) groups excluding carboxylic acids is 1. The second kappa shape index (κ2) is 5.20. The lowest BCUT2D eigenvalue weighted by atomic mass is 10.1. The second-order valence-corrected chi connectivity index (χ2v) is 3.55. The van der Waals surface area contributed by atoms with Gasteiger partial charge < -0.3 is 10.4 Å². The van der Waals surface area contributed by atoms with Crippen molar-refractivity contribution in [3.63, 3.8) is 0 Å². The summed E-state index contributed by atoms with van der Waals surface area (Å²) in [4.78, 5) is 21.6. The van der Waals surface area contributed by atoms with Gasteiger partial charge in [-0.15, -0.1) is 10.2 Å². The minimum Gasteiger partial charge on any atom is -0.478 e. The SMILES string of the molecule is CC(C=CC(=O)O)C(=O)Nc1nncs1. The molecular formula is C8H9N3O3S. The van der Waals surface area contributed by atoms with Crippen LogP contribution in [0.1, 0.15) is 6.92 Å². The number of aliphatic carboxylic acids is 1. The van der Waals surface area contributed by atoms with Crippen LogP contribution in [0, 0.1) is 5.92 Å². The smallest absolute Gasteiger partial charge is 0.328 e. The molecule has 0 aliphatic heterocycles. The first-order valence-electron chi connectivity index (χ1n) is 4.07. The molecule has 1 rings (SSSR count). The fourth-order valence-corrected chi connectivity index (χ4v) is 1.21. The van der Waals surface area contributed by atoms with Crippen molar-refractivity contribution in [3.8, 4) is 0 Å². The Morgan fingerprint density at radius 2 is 2.40 bits per heavy atom. The van der Waals surface area contributed by atoms with E-state index in [2.05, 4.69) is 15.5 Å². The molecule has 0 saturated carbocycles. The van der Waals surface area contributed by atoms with Crippen LogP contribution in [0.15, 0.2) is 17.7 Å². The van der Waals surface area contributed by atoms with Crippen molar-refractivity contribution in [1.29, 1.82) is 0 Å². The maximum atomic E-state index is 11.4. The van der Waals surface area contributed by atoms with E-state index in [1.54, 1.807) is 6.92 Å². The minimum absolute atomic E-state index is 0.316. The molecule has 80 valence electrons. The average Bonchev–Trinajstić information content (AvgIpc) is 2.66. The van der Waals surface area contributed by atoms with Crippen molar-refractivity contribution in [1.82, 2.24) is 10.2 Å². The number of carbonyl (C=O) groups is 2. The lowest BCUT2D eigenvalue weighted by Crippen LogP contribution is -2.18. The van der Waals surface area contributed by atoms with Gasteiger partial charge in [0.1, 0.15) is 5.51 Å². The highest BCUT2D eigenvalue weighted by Crippen LogP contribution is 2.10. The Balaban J connectivity index is 2.50. The van der Waals surface area contributed by atoms with Crippen LogP contribution < -0.4 is 5.32 Å². The summed E-state index contributed by atoms with van der Waals surface area (Å²) < 4.78 is 0. The Kier molecular flexibility index (Phi) is 3.92. The summed E-state index contributed by atoms with van der Waals surface area (Å²) >= 11 is 1.20. The Bertz CT molecular complexity index is 374. The van der Waals surface area contributed by atoms with Gasteiger partial charge in [-0.05, 0) is 0 Å². The number of hydrogen-bond donors (Lipinski definition) is 2. The first kappa shape index (κ1) is 11.3. The molecular weight excluding hydrogens is 218 g/mol. The predicted molar refractivity (Wildman–Crippen MR) is 54.5 cm³/mol. The molecule has 0 aliphatic carbocycles. The van der Waals surface area contributed by atoms with Gasteiger partial charge in [0.25, 0.3) is 0 Å². The van der Waals surface area contributed by atoms with Crippen LogP contribution >= 0.6 is 11.3 Å². The predicted octanol–water partition coefficient (Wildman–Crippen LogP) is 0.753. The summed E-state index contributed by atoms with van der Waals surface area (Å²) in [7, 11) is 0. The van der Waals surface area contributed by atoms with Gasteiger partial charge in [0.15, 0.2) is 0 Å². The van der Waals surface area contributed by atoms with Gasteiger partial charge in [0, 0.05) is 6.08 Å². The van der Waals surface area contributed by atoms with E-state index in [-0.39, 0.29) is 5.91 Å². The Morgan fingerprint density at radius 3 is 2.93 bits per heavy atom. The van der Waals surface area contributed by atoms with Gasteiger partial charge in [-0.3, -0.25) is 4.79 Å². The number of aromatic nitrogens is 2. The number of carboxylic acid groups (broad SMARTS) is 1. The summed E-state index contributed by atoms with van der Waals surface area (Å²) in [5.74, 6) is -1.92. The van der Waals surface area contributed by atoms with Crippen molar-refractivity contribution in [2.75, 3.05) is 5.32 Å². The number of nitrogens with one attached hydrogen (secondary N) is 1. The maximum absolute atomic E-state index is 11.4. The third-order valence-electron chi connectivity index (χ3n) is 1.53. The summed E-state index contributed by atoms with van der Waals surface area (Å²) in [5, 5.41) is 18.4. The molecule has 1 amide bonds. The fourth-order valence-electron chi connectivity index (χ4n) is 0.761. The van der Waals surface area contributed by atoms with Crippen LogP contribution in [0.25, 0.3) is 0 Å². The lowest BCUT2D eigenvalue weighted by Gasteiger charge is -2.04. The van der Waals surface area contributed by atoms with Gasteiger partial charge in [-0.2, -0.15) is 0 Å². The number of nitrogens with zero attached hydrogens (tertiary/aromatic N) is 2. The number of hydrogen-bond acceptors (Lipinski definition) is 5. The Labute approximate surface area is 89.6 Å². The van der Waals surface area contributed by atoms with Crippen LogP contribution in [-0.4, -0.2) is 27.2 Å². The molecule has 1 aromatic rings. The van der Waals surface area contributed by atoms with Crippen LogP contribution in [0.2, 0.25) is 0 Å². The van der Waals surface area contributed by atoms with E-state index >= 15 is 0 Å². The highest BCUT2D eigenvalue weighted by Gasteiger charge is 2.11. The molecule has 1 heterocycles. The van der Waals surface area contributed by atoms with Crippen molar-refractivity contribution >= 4 is 28.3 Å². The van der Waals surface area contributed by atoms with Gasteiger partial charge >= 0.3 is 5.97 Å². The van der Waals surface area contributed by atoms with Crippen LogP contribution in [0.3, 0.4) is 0 Å². The van der Waals surface area contributed by atoms with E-state index in [1.165, 1.54) is 22.9 Å². The van der Waals surface area contributed by atoms with E-state index in [9.17, 15) is 9.59 Å². The maximum Gasteiger partial charge on any atom is 0.328 e. The fraction of sp³-hybridized carbons (Fsp3) is 0.250. The summed E-state index contributed by atoms with van der Waals surface area (Å²) in [6.07, 6.45) is 2.24. The topological polar surface area (TPSA) is 92.2 Å². The Morgan fingerprint density at radius 1 is 1.67 bits per heavy atom. The number of rotatable bonds is 4. The molecule has 1 unspecified atom stereocenters. The van der Waals surface area contributed by atoms with Crippen molar-refractivity contribution < 1.29 is 14.7 Å². The van der Waals surface area contributed by atoms with Crippen LogP contribution in [0.5, 0.6) is 0 Å². The quantitative estimate of drug-likeness (QED) is 0.740. The average molecular weight is 227 g/mol. The van der Waals surface area contributed by atoms with Crippen LogP contribution in [-0.2, 0) is 9.59 Å². The van der Waals surface area contributed by atoms with E-state index in [1.807, 2.05) is 0 Å². The van der Waals surface area contributed by atoms with Crippen molar-refractivity contribution in [2.24, 2.45) is 5.92 Å². The molecule has 1 aromatic heterocycles. The third-order valence-corrected chi connectivity index (χ3v) is 2.14. The van der Waals surface area contributed by atoms with E-state index < -0.39 is 11.9 Å². The van der Waals surface area contributed by atoms with Crippen LogP contribution in [0.4, 0.5) is 5.13 Å². The standard InChI is InChI=1S/C8H9N3O3S/c1-5(2-3-6(12)13)7(14)10-8-11-9-4-15-8/h2-5H,1H3,(H,12,13)(H,10,11,14). The number of carboxylic acids is 1. The van der Waals surface area contributed by atoms with Gasteiger partial charge in [0.2, 0.25) is 11.0 Å². The van der Waals surface area contributed by atoms with Crippen molar-refractivity contribution in [2.45, 2.75) is 6.92 Å². The molecule has 1 atom stereocenters. The van der Waals surface area contributed by atoms with E-state index in [0.29, 0.717) is 5.13 Å². The normalized spacial score (nSPS) is 12.6. The molecule has 0 saturated heterocycles. The summed E-state index contributed by atoms with van der Waals surface area (Å²) in [6.45, 7) is 1.59. The lowest BCUT2D eigenvalue weighted by molar-refractivity contribution is -0.131. The van der Waals surface area contributed by atoms with Gasteiger partial charge in [0.05, 0.1) is 5.92 Å². The van der Waals surface area contributed by atoms with Crippen molar-refractivity contribution in [3.05, 3.63) is 17.7 Å². The zero-order valence-electron chi connectivity index (χ0n) is 7.88. The first-order valence-corrected chi connectivity index (χ1v) is 4.95. The second-order valence-electron chi connectivity index (χ2n) is 2.72. The molecule has 0 aliphatic rings. The molecule has 6 nitrogen and oxygen atoms in total. The summed E-state index contributed by atoms with van der Waals surface area (Å²) in [6, 6.07) is 0. The van der Waals surface area contributed by atoms with E-state index in [0.717, 1.165) is 6.08 Å². The Hall–Kier alpha value is -1.76. The molecule has 0 fully saturated rings. The third kappa shape index (κ3) is 3.86. The molecule has 0 spiro atoms. The molecule has 15 heavy (non-hydrogen) atoms. The minimum atomic E-state index is -1.08. The number of anilines is 1. The first-order chi connectivity index (χ1) is 7.09. The highest BCUT2D eigenvalue weighted by molar-refractivity contribution is 7.13. The van der Waals surface area contributed by atoms with Gasteiger partial charge in [-0.1, -0.05) is 24.3 Å². The van der Waals surface area contributed by atoms with E-state index in [4.69, 9.17) is 5.11 Å².